The van der Waals surface area contributed by atoms with Gasteiger partial charge in [-0.1, -0.05) is 0 Å². The Balaban J connectivity index is 2.91. The lowest BCUT2D eigenvalue weighted by Gasteiger charge is -2.21. The summed E-state index contributed by atoms with van der Waals surface area (Å²) in [4.78, 5) is 1.28. The van der Waals surface area contributed by atoms with Crippen LogP contribution in [0, 0.1) is 11.3 Å². The van der Waals surface area contributed by atoms with Gasteiger partial charge in [-0.05, 0) is 38.1 Å². The largest absolute Gasteiger partial charge is 0.497 e. The summed E-state index contributed by atoms with van der Waals surface area (Å²) in [6.45, 7) is 6.13. The highest BCUT2D eigenvalue weighted by atomic mass is 16.5. The Morgan fingerprint density at radius 2 is 1.81 bits per heavy atom. The van der Waals surface area contributed by atoms with E-state index in [0.29, 0.717) is 0 Å². The van der Waals surface area contributed by atoms with Crippen LogP contribution in [0.2, 0.25) is 0 Å². The third-order valence-corrected chi connectivity index (χ3v) is 2.89. The molecular weight excluding hydrogens is 200 g/mol. The van der Waals surface area contributed by atoms with Crippen molar-refractivity contribution in [2.45, 2.75) is 19.9 Å². The van der Waals surface area contributed by atoms with Gasteiger partial charge in [0.2, 0.25) is 6.04 Å². The van der Waals surface area contributed by atoms with Gasteiger partial charge >= 0.3 is 0 Å². The Labute approximate surface area is 97.3 Å². The molecule has 0 fully saturated rings. The number of hydrogen-bond acceptors (Lipinski definition) is 2. The fourth-order valence-electron chi connectivity index (χ4n) is 1.86. The summed E-state index contributed by atoms with van der Waals surface area (Å²) in [7, 11) is 1.65. The smallest absolute Gasteiger partial charge is 0.200 e. The molecule has 1 unspecified atom stereocenters. The molecule has 0 aliphatic carbocycles. The fraction of sp³-hybridized carbons (Fsp3) is 0.462. The predicted octanol–water partition coefficient (Wildman–Crippen LogP) is 1.18. The van der Waals surface area contributed by atoms with Crippen molar-refractivity contribution in [1.82, 2.24) is 0 Å². The van der Waals surface area contributed by atoms with Gasteiger partial charge in [0.25, 0.3) is 0 Å². The molecule has 86 valence electrons. The third kappa shape index (κ3) is 2.74. The lowest BCUT2D eigenvalue weighted by atomic mass is 10.1. The second kappa shape index (κ2) is 6.14. The quantitative estimate of drug-likeness (QED) is 0.807. The summed E-state index contributed by atoms with van der Waals surface area (Å²) in [6.07, 6.45) is 0. The highest BCUT2D eigenvalue weighted by molar-refractivity contribution is 5.30. The molecule has 0 saturated carbocycles. The van der Waals surface area contributed by atoms with Crippen LogP contribution in [0.5, 0.6) is 5.75 Å². The first-order valence-corrected chi connectivity index (χ1v) is 5.64. The van der Waals surface area contributed by atoms with E-state index in [0.717, 1.165) is 24.4 Å². The van der Waals surface area contributed by atoms with Crippen LogP contribution in [0.25, 0.3) is 0 Å². The number of benzene rings is 1. The molecule has 0 bridgehead atoms. The Morgan fingerprint density at radius 1 is 1.25 bits per heavy atom. The van der Waals surface area contributed by atoms with Crippen LogP contribution in [0.4, 0.5) is 0 Å². The third-order valence-electron chi connectivity index (χ3n) is 2.89. The highest BCUT2D eigenvalue weighted by Crippen LogP contribution is 2.15. The molecule has 1 atom stereocenters. The minimum atomic E-state index is -0.0825. The second-order valence-corrected chi connectivity index (χ2v) is 3.70. The van der Waals surface area contributed by atoms with Gasteiger partial charge in [-0.15, -0.1) is 0 Å². The minimum Gasteiger partial charge on any atom is -0.497 e. The molecule has 1 aromatic rings. The van der Waals surface area contributed by atoms with E-state index in [1.807, 2.05) is 24.3 Å². The number of methoxy groups -OCH3 is 1. The number of quaternary nitrogens is 1. The van der Waals surface area contributed by atoms with Crippen molar-refractivity contribution >= 4 is 0 Å². The van der Waals surface area contributed by atoms with E-state index in [1.54, 1.807) is 7.11 Å². The molecule has 0 radical (unpaired) electrons. The van der Waals surface area contributed by atoms with E-state index >= 15 is 0 Å². The number of nitrogens with one attached hydrogen (secondary N) is 1. The number of rotatable bonds is 5. The molecule has 1 rings (SSSR count). The Kier molecular flexibility index (Phi) is 4.81. The molecular formula is C13H19N2O+. The van der Waals surface area contributed by atoms with Crippen LogP contribution < -0.4 is 9.64 Å². The van der Waals surface area contributed by atoms with Crippen LogP contribution in [0.3, 0.4) is 0 Å². The maximum absolute atomic E-state index is 9.24. The number of hydrogen-bond donors (Lipinski definition) is 1. The van der Waals surface area contributed by atoms with Gasteiger partial charge in [0.05, 0.1) is 20.2 Å². The van der Waals surface area contributed by atoms with Crippen LogP contribution >= 0.6 is 0 Å². The highest BCUT2D eigenvalue weighted by Gasteiger charge is 2.20. The molecule has 3 heteroatoms. The van der Waals surface area contributed by atoms with Crippen LogP contribution in [0.1, 0.15) is 25.5 Å². The van der Waals surface area contributed by atoms with Crippen LogP contribution in [-0.4, -0.2) is 20.2 Å². The van der Waals surface area contributed by atoms with E-state index in [9.17, 15) is 5.26 Å². The first-order chi connectivity index (χ1) is 7.76. The average Bonchev–Trinajstić information content (AvgIpc) is 2.36. The molecule has 0 aliphatic rings. The number of nitriles is 1. The summed E-state index contributed by atoms with van der Waals surface area (Å²) in [5.74, 6) is 0.829. The van der Waals surface area contributed by atoms with E-state index in [2.05, 4.69) is 19.9 Å². The summed E-state index contributed by atoms with van der Waals surface area (Å²) >= 11 is 0. The van der Waals surface area contributed by atoms with Gasteiger partial charge in [0.1, 0.15) is 11.8 Å². The lowest BCUT2D eigenvalue weighted by molar-refractivity contribution is -0.919. The van der Waals surface area contributed by atoms with Crippen molar-refractivity contribution in [3.63, 3.8) is 0 Å². The second-order valence-electron chi connectivity index (χ2n) is 3.70. The number of nitrogens with zero attached hydrogens (tertiary/aromatic N) is 1. The molecule has 1 N–H and O–H groups in total. The van der Waals surface area contributed by atoms with Crippen LogP contribution in [-0.2, 0) is 0 Å². The normalized spacial score (nSPS) is 12.2. The van der Waals surface area contributed by atoms with Gasteiger partial charge in [0.15, 0.2) is 0 Å². The molecule has 0 heterocycles. The average molecular weight is 219 g/mol. The zero-order valence-electron chi connectivity index (χ0n) is 10.2. The first kappa shape index (κ1) is 12.5. The zero-order chi connectivity index (χ0) is 12.0. The summed E-state index contributed by atoms with van der Waals surface area (Å²) < 4.78 is 5.11. The zero-order valence-corrected chi connectivity index (χ0v) is 10.2. The van der Waals surface area contributed by atoms with Gasteiger partial charge in [-0.25, -0.2) is 0 Å². The molecule has 0 saturated heterocycles. The van der Waals surface area contributed by atoms with Gasteiger partial charge < -0.3 is 9.64 Å². The van der Waals surface area contributed by atoms with E-state index in [-0.39, 0.29) is 6.04 Å². The van der Waals surface area contributed by atoms with Gasteiger partial charge in [0, 0.05) is 5.56 Å². The van der Waals surface area contributed by atoms with Crippen molar-refractivity contribution in [1.29, 1.82) is 5.26 Å². The standard InChI is InChI=1S/C13H18N2O/c1-4-15(5-2)13(10-14)11-6-8-12(16-3)9-7-11/h6-9,13H,4-5H2,1-3H3/p+1. The van der Waals surface area contributed by atoms with E-state index in [1.165, 1.54) is 4.90 Å². The first-order valence-electron chi connectivity index (χ1n) is 5.64. The van der Waals surface area contributed by atoms with E-state index < -0.39 is 0 Å². The monoisotopic (exact) mass is 219 g/mol. The van der Waals surface area contributed by atoms with Crippen molar-refractivity contribution in [2.75, 3.05) is 20.2 Å². The van der Waals surface area contributed by atoms with Gasteiger partial charge in [-0.2, -0.15) is 5.26 Å². The minimum absolute atomic E-state index is 0.0825. The van der Waals surface area contributed by atoms with E-state index in [4.69, 9.17) is 4.74 Å². The molecule has 16 heavy (non-hydrogen) atoms. The van der Waals surface area contributed by atoms with Crippen LogP contribution in [0.15, 0.2) is 24.3 Å². The summed E-state index contributed by atoms with van der Waals surface area (Å²) in [5, 5.41) is 9.24. The fourth-order valence-corrected chi connectivity index (χ4v) is 1.86. The lowest BCUT2D eigenvalue weighted by Crippen LogP contribution is -3.11. The topological polar surface area (TPSA) is 37.5 Å². The van der Waals surface area contributed by atoms with Crippen molar-refractivity contribution in [3.05, 3.63) is 29.8 Å². The Hall–Kier alpha value is -1.53. The molecule has 0 aliphatic heterocycles. The Morgan fingerprint density at radius 3 is 2.19 bits per heavy atom. The van der Waals surface area contributed by atoms with Gasteiger partial charge in [-0.3, -0.25) is 0 Å². The molecule has 0 amide bonds. The maximum atomic E-state index is 9.24. The SMILES string of the molecule is CC[NH+](CC)C(C#N)c1ccc(OC)cc1. The summed E-state index contributed by atoms with van der Waals surface area (Å²) in [6, 6.07) is 10.0. The molecule has 0 aromatic heterocycles. The predicted molar refractivity (Wildman–Crippen MR) is 63.4 cm³/mol. The van der Waals surface area contributed by atoms with Crippen molar-refractivity contribution < 1.29 is 9.64 Å². The molecule has 3 nitrogen and oxygen atoms in total. The summed E-state index contributed by atoms with van der Waals surface area (Å²) in [5.41, 5.74) is 1.06. The number of ether oxygens (including phenoxy) is 1. The molecule has 0 spiro atoms. The Bertz CT molecular complexity index is 349. The van der Waals surface area contributed by atoms with Crippen molar-refractivity contribution in [3.8, 4) is 11.8 Å². The van der Waals surface area contributed by atoms with Crippen molar-refractivity contribution in [2.24, 2.45) is 0 Å². The molecule has 1 aromatic carbocycles. The maximum Gasteiger partial charge on any atom is 0.200 e.